The lowest BCUT2D eigenvalue weighted by molar-refractivity contribution is -0.155. The average molecular weight is 280 g/mol. The van der Waals surface area contributed by atoms with Crippen LogP contribution in [0.1, 0.15) is 21.5 Å². The number of hydrogen-bond acceptors (Lipinski definition) is 4. The number of piperazine rings is 1. The number of ketones is 1. The van der Waals surface area contributed by atoms with E-state index >= 15 is 0 Å². The molecule has 0 atom stereocenters. The zero-order valence-electron chi connectivity index (χ0n) is 11.0. The SMILES string of the molecule is CCN1CCN(CC(=O)c2ccc(C)s2)C(=O)C1=O. The van der Waals surface area contributed by atoms with Gasteiger partial charge in [-0.2, -0.15) is 0 Å². The molecule has 1 aromatic heterocycles. The number of likely N-dealkylation sites (N-methyl/N-ethyl adjacent to an activating group) is 1. The van der Waals surface area contributed by atoms with Gasteiger partial charge in [-0.15, -0.1) is 11.3 Å². The summed E-state index contributed by atoms with van der Waals surface area (Å²) in [7, 11) is 0. The molecule has 102 valence electrons. The van der Waals surface area contributed by atoms with Crippen molar-refractivity contribution in [1.82, 2.24) is 9.80 Å². The van der Waals surface area contributed by atoms with Crippen LogP contribution in [0.4, 0.5) is 0 Å². The first kappa shape index (κ1) is 13.7. The fourth-order valence-electron chi connectivity index (χ4n) is 2.00. The van der Waals surface area contributed by atoms with Crippen LogP contribution >= 0.6 is 11.3 Å². The molecular weight excluding hydrogens is 264 g/mol. The molecule has 0 spiro atoms. The normalized spacial score (nSPS) is 16.1. The summed E-state index contributed by atoms with van der Waals surface area (Å²) in [4.78, 5) is 40.1. The molecule has 1 fully saturated rings. The Morgan fingerprint density at radius 3 is 2.42 bits per heavy atom. The predicted octanol–water partition coefficient (Wildman–Crippen LogP) is 0.930. The van der Waals surface area contributed by atoms with Crippen molar-refractivity contribution < 1.29 is 14.4 Å². The Morgan fingerprint density at radius 1 is 1.21 bits per heavy atom. The van der Waals surface area contributed by atoms with Gasteiger partial charge in [0.15, 0.2) is 5.78 Å². The molecule has 1 aromatic rings. The molecule has 2 rings (SSSR count). The molecule has 19 heavy (non-hydrogen) atoms. The van der Waals surface area contributed by atoms with Gasteiger partial charge in [0.05, 0.1) is 11.4 Å². The maximum atomic E-state index is 12.0. The maximum Gasteiger partial charge on any atom is 0.312 e. The van der Waals surface area contributed by atoms with Crippen LogP contribution in [-0.4, -0.2) is 53.6 Å². The van der Waals surface area contributed by atoms with Crippen molar-refractivity contribution >= 4 is 28.9 Å². The van der Waals surface area contributed by atoms with Gasteiger partial charge in [-0.05, 0) is 26.0 Å². The van der Waals surface area contributed by atoms with Crippen molar-refractivity contribution in [2.75, 3.05) is 26.2 Å². The minimum absolute atomic E-state index is 0.0118. The fourth-order valence-corrected chi connectivity index (χ4v) is 2.80. The Bertz CT molecular complexity index is 524. The van der Waals surface area contributed by atoms with E-state index in [1.165, 1.54) is 21.1 Å². The number of carbonyl (C=O) groups excluding carboxylic acids is 3. The standard InChI is InChI=1S/C13H16N2O3S/c1-3-14-6-7-15(13(18)12(14)17)8-10(16)11-5-4-9(2)19-11/h4-5H,3,6-8H2,1-2H3. The number of carbonyl (C=O) groups is 3. The molecule has 0 aromatic carbocycles. The second-order valence-corrected chi connectivity index (χ2v) is 5.73. The molecule has 0 unspecified atom stereocenters. The van der Waals surface area contributed by atoms with Gasteiger partial charge < -0.3 is 9.80 Å². The Hall–Kier alpha value is -1.69. The van der Waals surface area contributed by atoms with Gasteiger partial charge in [0.25, 0.3) is 0 Å². The number of rotatable bonds is 4. The Labute approximate surface area is 115 Å². The van der Waals surface area contributed by atoms with E-state index in [0.29, 0.717) is 24.5 Å². The molecule has 1 saturated heterocycles. The van der Waals surface area contributed by atoms with Gasteiger partial charge in [0.2, 0.25) is 0 Å². The topological polar surface area (TPSA) is 57.7 Å². The Kier molecular flexibility index (Phi) is 3.99. The van der Waals surface area contributed by atoms with Gasteiger partial charge in [-0.3, -0.25) is 14.4 Å². The second kappa shape index (κ2) is 5.52. The average Bonchev–Trinajstić information content (AvgIpc) is 2.82. The van der Waals surface area contributed by atoms with Crippen LogP contribution in [-0.2, 0) is 9.59 Å². The molecule has 1 aliphatic heterocycles. The lowest BCUT2D eigenvalue weighted by Crippen LogP contribution is -2.55. The van der Waals surface area contributed by atoms with Crippen LogP contribution in [0.3, 0.4) is 0 Å². The third-order valence-electron chi connectivity index (χ3n) is 3.13. The quantitative estimate of drug-likeness (QED) is 0.609. The number of thiophene rings is 1. The molecule has 5 nitrogen and oxygen atoms in total. The summed E-state index contributed by atoms with van der Waals surface area (Å²) in [5, 5.41) is 0. The minimum atomic E-state index is -0.574. The molecule has 0 bridgehead atoms. The van der Waals surface area contributed by atoms with E-state index in [0.717, 1.165) is 4.88 Å². The number of hydrogen-bond donors (Lipinski definition) is 0. The summed E-state index contributed by atoms with van der Waals surface area (Å²) in [5.41, 5.74) is 0. The van der Waals surface area contributed by atoms with Crippen LogP contribution < -0.4 is 0 Å². The molecule has 6 heteroatoms. The molecule has 2 heterocycles. The summed E-state index contributed by atoms with van der Waals surface area (Å²) >= 11 is 1.41. The fraction of sp³-hybridized carbons (Fsp3) is 0.462. The van der Waals surface area contributed by atoms with E-state index in [4.69, 9.17) is 0 Å². The van der Waals surface area contributed by atoms with Gasteiger partial charge >= 0.3 is 11.8 Å². The Balaban J connectivity index is 2.02. The van der Waals surface area contributed by atoms with Crippen molar-refractivity contribution in [2.45, 2.75) is 13.8 Å². The number of nitrogens with zero attached hydrogens (tertiary/aromatic N) is 2. The van der Waals surface area contributed by atoms with Gasteiger partial charge in [-0.1, -0.05) is 0 Å². The van der Waals surface area contributed by atoms with Crippen LogP contribution in [0.15, 0.2) is 12.1 Å². The van der Waals surface area contributed by atoms with Crippen molar-refractivity contribution in [3.63, 3.8) is 0 Å². The first-order valence-corrected chi connectivity index (χ1v) is 7.02. The predicted molar refractivity (Wildman–Crippen MR) is 72.2 cm³/mol. The van der Waals surface area contributed by atoms with Crippen LogP contribution in [0.5, 0.6) is 0 Å². The highest BCUT2D eigenvalue weighted by atomic mass is 32.1. The number of aryl methyl sites for hydroxylation is 1. The molecule has 2 amide bonds. The monoisotopic (exact) mass is 280 g/mol. The molecule has 0 saturated carbocycles. The van der Waals surface area contributed by atoms with Crippen molar-refractivity contribution in [1.29, 1.82) is 0 Å². The smallest absolute Gasteiger partial charge is 0.312 e. The van der Waals surface area contributed by atoms with E-state index < -0.39 is 11.8 Å². The van der Waals surface area contributed by atoms with E-state index in [1.807, 2.05) is 19.9 Å². The summed E-state index contributed by atoms with van der Waals surface area (Å²) in [6.45, 7) is 5.20. The van der Waals surface area contributed by atoms with E-state index in [2.05, 4.69) is 0 Å². The third-order valence-corrected chi connectivity index (χ3v) is 4.17. The molecular formula is C13H16N2O3S. The summed E-state index contributed by atoms with van der Waals surface area (Å²) in [6, 6.07) is 3.64. The first-order chi connectivity index (χ1) is 9.02. The molecule has 0 aliphatic carbocycles. The maximum absolute atomic E-state index is 12.0. The highest BCUT2D eigenvalue weighted by molar-refractivity contribution is 7.14. The largest absolute Gasteiger partial charge is 0.333 e. The van der Waals surface area contributed by atoms with Crippen molar-refractivity contribution in [3.05, 3.63) is 21.9 Å². The lowest BCUT2D eigenvalue weighted by Gasteiger charge is -2.32. The molecule has 1 aliphatic rings. The molecule has 0 N–H and O–H groups in total. The molecule has 0 radical (unpaired) electrons. The highest BCUT2D eigenvalue weighted by Crippen LogP contribution is 2.16. The van der Waals surface area contributed by atoms with Crippen LogP contribution in [0.2, 0.25) is 0 Å². The second-order valence-electron chi connectivity index (χ2n) is 4.45. The van der Waals surface area contributed by atoms with Gasteiger partial charge in [0.1, 0.15) is 0 Å². The van der Waals surface area contributed by atoms with E-state index in [-0.39, 0.29) is 12.3 Å². The van der Waals surface area contributed by atoms with Crippen molar-refractivity contribution in [2.24, 2.45) is 0 Å². The van der Waals surface area contributed by atoms with Crippen molar-refractivity contribution in [3.8, 4) is 0 Å². The van der Waals surface area contributed by atoms with Crippen LogP contribution in [0, 0.1) is 6.92 Å². The third kappa shape index (κ3) is 2.84. The summed E-state index contributed by atoms with van der Waals surface area (Å²) in [5.74, 6) is -1.19. The van der Waals surface area contributed by atoms with Gasteiger partial charge in [-0.25, -0.2) is 0 Å². The minimum Gasteiger partial charge on any atom is -0.333 e. The first-order valence-electron chi connectivity index (χ1n) is 6.20. The Morgan fingerprint density at radius 2 is 1.84 bits per heavy atom. The summed E-state index contributed by atoms with van der Waals surface area (Å²) < 4.78 is 0. The zero-order valence-corrected chi connectivity index (χ0v) is 11.8. The van der Waals surface area contributed by atoms with E-state index in [1.54, 1.807) is 6.07 Å². The van der Waals surface area contributed by atoms with Crippen LogP contribution in [0.25, 0.3) is 0 Å². The zero-order chi connectivity index (χ0) is 14.0. The number of Topliss-reactive ketones (excluding diaryl/α,β-unsaturated/α-hetero) is 1. The van der Waals surface area contributed by atoms with Gasteiger partial charge in [0, 0.05) is 24.5 Å². The van der Waals surface area contributed by atoms with E-state index in [9.17, 15) is 14.4 Å². The highest BCUT2D eigenvalue weighted by Gasteiger charge is 2.32. The number of amides is 2. The summed E-state index contributed by atoms with van der Waals surface area (Å²) in [6.07, 6.45) is 0. The lowest BCUT2D eigenvalue weighted by atomic mass is 10.2.